The van der Waals surface area contributed by atoms with Gasteiger partial charge in [0.1, 0.15) is 6.20 Å². The van der Waals surface area contributed by atoms with E-state index in [4.69, 9.17) is 4.74 Å². The molecule has 3 rings (SSSR count). The van der Waals surface area contributed by atoms with Crippen LogP contribution in [0.15, 0.2) is 12.3 Å². The molecule has 2 atom stereocenters. The Morgan fingerprint density at radius 3 is 2.92 bits per heavy atom. The molecule has 1 aromatic rings. The molecule has 0 aromatic carbocycles. The molecule has 2 fully saturated rings. The van der Waals surface area contributed by atoms with E-state index in [1.807, 2.05) is 0 Å². The lowest BCUT2D eigenvalue weighted by Gasteiger charge is -2.33. The minimum absolute atomic E-state index is 0.0807. The molecule has 128 valence electrons. The van der Waals surface area contributed by atoms with Crippen LogP contribution in [0.5, 0.6) is 0 Å². The molecule has 0 radical (unpaired) electrons. The Kier molecular flexibility index (Phi) is 3.96. The lowest BCUT2D eigenvalue weighted by molar-refractivity contribution is -0.385. The van der Waals surface area contributed by atoms with Gasteiger partial charge in [-0.1, -0.05) is 0 Å². The molecule has 0 bridgehead atoms. The molecule has 0 saturated carbocycles. The van der Waals surface area contributed by atoms with Gasteiger partial charge in [-0.25, -0.2) is 0 Å². The highest BCUT2D eigenvalue weighted by atomic mass is 16.6. The van der Waals surface area contributed by atoms with Gasteiger partial charge in [-0.3, -0.25) is 24.7 Å². The molecule has 3 heterocycles. The predicted molar refractivity (Wildman–Crippen MR) is 80.5 cm³/mol. The second kappa shape index (κ2) is 5.82. The SMILES string of the molecule is Cc1ncc([N+](=O)[O-])cc1C(=O)N1C[C@H]2COCC[C@@]2(C(=O)O)C1. The number of amides is 1. The Balaban J connectivity index is 1.90. The highest BCUT2D eigenvalue weighted by molar-refractivity contribution is 5.96. The van der Waals surface area contributed by atoms with Gasteiger partial charge in [0.05, 0.1) is 28.2 Å². The molecule has 9 nitrogen and oxygen atoms in total. The van der Waals surface area contributed by atoms with Crippen LogP contribution in [0.4, 0.5) is 5.69 Å². The van der Waals surface area contributed by atoms with Crippen molar-refractivity contribution in [2.24, 2.45) is 11.3 Å². The first kappa shape index (κ1) is 16.3. The maximum absolute atomic E-state index is 12.8. The number of hydrogen-bond acceptors (Lipinski definition) is 6. The summed E-state index contributed by atoms with van der Waals surface area (Å²) in [5.74, 6) is -1.64. The summed E-state index contributed by atoms with van der Waals surface area (Å²) in [5, 5.41) is 20.5. The van der Waals surface area contributed by atoms with Crippen LogP contribution in [-0.4, -0.2) is 58.1 Å². The van der Waals surface area contributed by atoms with E-state index in [0.29, 0.717) is 25.3 Å². The van der Waals surface area contributed by atoms with E-state index in [9.17, 15) is 24.8 Å². The van der Waals surface area contributed by atoms with E-state index in [-0.39, 0.29) is 30.3 Å². The number of fused-ring (bicyclic) bond motifs is 1. The number of aromatic nitrogens is 1. The summed E-state index contributed by atoms with van der Waals surface area (Å²) in [6.07, 6.45) is 1.45. The third-order valence-electron chi connectivity index (χ3n) is 4.93. The maximum Gasteiger partial charge on any atom is 0.311 e. The number of aryl methyl sites for hydroxylation is 1. The van der Waals surface area contributed by atoms with Gasteiger partial charge < -0.3 is 14.7 Å². The highest BCUT2D eigenvalue weighted by Crippen LogP contribution is 2.43. The van der Waals surface area contributed by atoms with E-state index < -0.39 is 22.2 Å². The zero-order valence-electron chi connectivity index (χ0n) is 13.1. The van der Waals surface area contributed by atoms with E-state index >= 15 is 0 Å². The average Bonchev–Trinajstić information content (AvgIpc) is 2.95. The molecule has 1 aromatic heterocycles. The van der Waals surface area contributed by atoms with Gasteiger partial charge in [-0.15, -0.1) is 0 Å². The van der Waals surface area contributed by atoms with Crippen molar-refractivity contribution in [1.29, 1.82) is 0 Å². The minimum atomic E-state index is -1.00. The highest BCUT2D eigenvalue weighted by Gasteiger charge is 2.55. The molecule has 1 amide bonds. The standard InChI is InChI=1S/C15H17N3O6/c1-9-12(4-11(5-16-9)18(22)23)13(19)17-6-10-7-24-3-2-15(10,8-17)14(20)21/h4-5,10H,2-3,6-8H2,1H3,(H,20,21)/t10-,15+/m0/s1. The fraction of sp³-hybridized carbons (Fsp3) is 0.533. The van der Waals surface area contributed by atoms with Crippen LogP contribution in [0.1, 0.15) is 22.5 Å². The normalized spacial score (nSPS) is 26.0. The monoisotopic (exact) mass is 335 g/mol. The quantitative estimate of drug-likeness (QED) is 0.642. The van der Waals surface area contributed by atoms with Gasteiger partial charge in [0.2, 0.25) is 0 Å². The fourth-order valence-electron chi connectivity index (χ4n) is 3.46. The molecule has 2 aliphatic heterocycles. The number of carbonyl (C=O) groups excluding carboxylic acids is 1. The molecular formula is C15H17N3O6. The number of carboxylic acids is 1. The van der Waals surface area contributed by atoms with Crippen LogP contribution in [0.25, 0.3) is 0 Å². The number of nitro groups is 1. The molecule has 2 aliphatic rings. The third-order valence-corrected chi connectivity index (χ3v) is 4.93. The first-order valence-electron chi connectivity index (χ1n) is 7.56. The van der Waals surface area contributed by atoms with E-state index in [1.165, 1.54) is 11.0 Å². The number of rotatable bonds is 3. The smallest absolute Gasteiger partial charge is 0.311 e. The molecule has 0 unspecified atom stereocenters. The van der Waals surface area contributed by atoms with E-state index in [0.717, 1.165) is 6.20 Å². The van der Waals surface area contributed by atoms with Gasteiger partial charge in [-0.05, 0) is 13.3 Å². The number of pyridine rings is 1. The number of carbonyl (C=O) groups is 2. The van der Waals surface area contributed by atoms with Crippen molar-refractivity contribution in [2.45, 2.75) is 13.3 Å². The molecule has 9 heteroatoms. The number of ether oxygens (including phenoxy) is 1. The van der Waals surface area contributed by atoms with Crippen molar-refractivity contribution in [3.8, 4) is 0 Å². The molecule has 0 aliphatic carbocycles. The van der Waals surface area contributed by atoms with Crippen LogP contribution in [0, 0.1) is 28.4 Å². The summed E-state index contributed by atoms with van der Waals surface area (Å²) in [6.45, 7) is 2.57. The second-order valence-corrected chi connectivity index (χ2v) is 6.25. The van der Waals surface area contributed by atoms with Crippen molar-refractivity contribution in [1.82, 2.24) is 9.88 Å². The molecule has 24 heavy (non-hydrogen) atoms. The largest absolute Gasteiger partial charge is 0.481 e. The number of hydrogen-bond donors (Lipinski definition) is 1. The molecule has 2 saturated heterocycles. The summed E-state index contributed by atoms with van der Waals surface area (Å²) in [6, 6.07) is 1.19. The van der Waals surface area contributed by atoms with Crippen LogP contribution in [0.2, 0.25) is 0 Å². The summed E-state index contributed by atoms with van der Waals surface area (Å²) in [7, 11) is 0. The van der Waals surface area contributed by atoms with Crippen molar-refractivity contribution in [3.05, 3.63) is 33.6 Å². The van der Waals surface area contributed by atoms with Gasteiger partial charge >= 0.3 is 5.97 Å². The Morgan fingerprint density at radius 1 is 1.54 bits per heavy atom. The minimum Gasteiger partial charge on any atom is -0.481 e. The Hall–Kier alpha value is -2.55. The predicted octanol–water partition coefficient (Wildman–Crippen LogP) is 0.862. The molecule has 0 spiro atoms. The van der Waals surface area contributed by atoms with Crippen LogP contribution >= 0.6 is 0 Å². The topological polar surface area (TPSA) is 123 Å². The van der Waals surface area contributed by atoms with Gasteiger partial charge in [0.15, 0.2) is 0 Å². The second-order valence-electron chi connectivity index (χ2n) is 6.25. The van der Waals surface area contributed by atoms with E-state index in [2.05, 4.69) is 4.98 Å². The van der Waals surface area contributed by atoms with Gasteiger partial charge in [-0.2, -0.15) is 0 Å². The van der Waals surface area contributed by atoms with Gasteiger partial charge in [0, 0.05) is 31.7 Å². The number of nitrogens with zero attached hydrogens (tertiary/aromatic N) is 3. The van der Waals surface area contributed by atoms with Gasteiger partial charge in [0.25, 0.3) is 11.6 Å². The lowest BCUT2D eigenvalue weighted by atomic mass is 9.74. The Labute approximate surface area is 137 Å². The van der Waals surface area contributed by atoms with Crippen LogP contribution in [-0.2, 0) is 9.53 Å². The summed E-state index contributed by atoms with van der Waals surface area (Å²) < 4.78 is 5.36. The number of likely N-dealkylation sites (tertiary alicyclic amines) is 1. The van der Waals surface area contributed by atoms with E-state index in [1.54, 1.807) is 6.92 Å². The lowest BCUT2D eigenvalue weighted by Crippen LogP contribution is -2.45. The number of carboxylic acid groups (broad SMARTS) is 1. The first-order valence-corrected chi connectivity index (χ1v) is 7.56. The van der Waals surface area contributed by atoms with Crippen LogP contribution < -0.4 is 0 Å². The molecule has 1 N–H and O–H groups in total. The molecular weight excluding hydrogens is 318 g/mol. The Bertz CT molecular complexity index is 721. The van der Waals surface area contributed by atoms with Crippen molar-refractivity contribution < 1.29 is 24.4 Å². The summed E-state index contributed by atoms with van der Waals surface area (Å²) in [5.41, 5.74) is -0.766. The van der Waals surface area contributed by atoms with Crippen molar-refractivity contribution in [3.63, 3.8) is 0 Å². The number of aliphatic carboxylic acids is 1. The summed E-state index contributed by atoms with van der Waals surface area (Å²) in [4.78, 5) is 40.2. The first-order chi connectivity index (χ1) is 11.3. The van der Waals surface area contributed by atoms with Crippen molar-refractivity contribution in [2.75, 3.05) is 26.3 Å². The van der Waals surface area contributed by atoms with Crippen LogP contribution in [0.3, 0.4) is 0 Å². The fourth-order valence-corrected chi connectivity index (χ4v) is 3.46. The Morgan fingerprint density at radius 2 is 2.29 bits per heavy atom. The zero-order chi connectivity index (χ0) is 17.5. The van der Waals surface area contributed by atoms with Crippen molar-refractivity contribution >= 4 is 17.6 Å². The third kappa shape index (κ3) is 2.50. The zero-order valence-corrected chi connectivity index (χ0v) is 13.1. The average molecular weight is 335 g/mol. The summed E-state index contributed by atoms with van der Waals surface area (Å²) >= 11 is 0. The maximum atomic E-state index is 12.8.